The van der Waals surface area contributed by atoms with E-state index in [-0.39, 0.29) is 12.4 Å². The molecular weight excluding hydrogens is 389 g/mol. The summed E-state index contributed by atoms with van der Waals surface area (Å²) >= 11 is 12.3. The second-order valence-corrected chi connectivity index (χ2v) is 7.62. The van der Waals surface area contributed by atoms with E-state index in [4.69, 9.17) is 23.2 Å². The van der Waals surface area contributed by atoms with E-state index < -0.39 is 0 Å². The molecule has 2 aromatic carbocycles. The second-order valence-electron chi connectivity index (χ2n) is 6.75. The van der Waals surface area contributed by atoms with Gasteiger partial charge in [-0.25, -0.2) is 0 Å². The summed E-state index contributed by atoms with van der Waals surface area (Å²) in [6.45, 7) is 2.15. The van der Waals surface area contributed by atoms with E-state index >= 15 is 0 Å². The van der Waals surface area contributed by atoms with Crippen LogP contribution >= 0.6 is 23.2 Å². The molecule has 0 bridgehead atoms. The molecule has 140 valence electrons. The van der Waals surface area contributed by atoms with Crippen molar-refractivity contribution in [3.63, 3.8) is 0 Å². The number of halogens is 3. The van der Waals surface area contributed by atoms with Gasteiger partial charge in [-0.15, -0.1) is 0 Å². The molecule has 0 spiro atoms. The fourth-order valence-corrected chi connectivity index (χ4v) is 3.39. The minimum atomic E-state index is 0. The minimum Gasteiger partial charge on any atom is -1.00 e. The number of aromatic nitrogens is 1. The summed E-state index contributed by atoms with van der Waals surface area (Å²) < 4.78 is 2.22. The fourth-order valence-electron chi connectivity index (χ4n) is 3.10. The molecule has 0 aliphatic rings. The molecule has 1 N–H and O–H groups in total. The summed E-state index contributed by atoms with van der Waals surface area (Å²) in [5, 5.41) is 4.91. The molecule has 26 heavy (non-hydrogen) atoms. The van der Waals surface area contributed by atoms with Crippen molar-refractivity contribution in [3.05, 3.63) is 58.7 Å². The standard InChI is InChI=1S/C20H23Cl2N3.ClH/c1-23(2)11-4-12-24(3)25-14-19(15-5-7-16(21)8-6-15)18-13-17(22)9-10-20(18)25;/h5-10,13-14H,4,11-12H2,1-3H3;1H. The lowest BCUT2D eigenvalue weighted by molar-refractivity contribution is -0.858. The van der Waals surface area contributed by atoms with Gasteiger partial charge in [0, 0.05) is 47.2 Å². The fraction of sp³-hybridized carbons (Fsp3) is 0.300. The lowest BCUT2D eigenvalue weighted by Crippen LogP contribution is -3.05. The van der Waals surface area contributed by atoms with Crippen molar-refractivity contribution in [3.8, 4) is 11.1 Å². The van der Waals surface area contributed by atoms with E-state index in [0.717, 1.165) is 46.0 Å². The molecule has 0 radical (unpaired) electrons. The van der Waals surface area contributed by atoms with Gasteiger partial charge < -0.3 is 22.3 Å². The highest BCUT2D eigenvalue weighted by Gasteiger charge is 2.13. The van der Waals surface area contributed by atoms with Crippen LogP contribution in [0.2, 0.25) is 10.0 Å². The summed E-state index contributed by atoms with van der Waals surface area (Å²) in [7, 11) is 6.50. The Bertz CT molecular complexity index is 857. The minimum absolute atomic E-state index is 0. The molecule has 0 fully saturated rings. The average molecular weight is 413 g/mol. The zero-order valence-corrected chi connectivity index (χ0v) is 17.5. The highest BCUT2D eigenvalue weighted by atomic mass is 35.5. The third-order valence-electron chi connectivity index (χ3n) is 4.43. The van der Waals surface area contributed by atoms with Crippen molar-refractivity contribution < 1.29 is 17.3 Å². The van der Waals surface area contributed by atoms with E-state index in [1.807, 2.05) is 24.3 Å². The van der Waals surface area contributed by atoms with E-state index in [9.17, 15) is 0 Å². The van der Waals surface area contributed by atoms with Crippen LogP contribution in [0.15, 0.2) is 48.7 Å². The smallest absolute Gasteiger partial charge is 0.0784 e. The van der Waals surface area contributed by atoms with Crippen LogP contribution in [0.3, 0.4) is 0 Å². The normalized spacial score (nSPS) is 11.0. The van der Waals surface area contributed by atoms with Crippen molar-refractivity contribution in [2.75, 3.05) is 39.2 Å². The van der Waals surface area contributed by atoms with Gasteiger partial charge in [0.15, 0.2) is 0 Å². The molecule has 3 aromatic rings. The van der Waals surface area contributed by atoms with Gasteiger partial charge in [0.1, 0.15) is 0 Å². The molecule has 1 heterocycles. The van der Waals surface area contributed by atoms with Gasteiger partial charge in [-0.1, -0.05) is 35.3 Å². The largest absolute Gasteiger partial charge is 1.00 e. The summed E-state index contributed by atoms with van der Waals surface area (Å²) in [6.07, 6.45) is 3.33. The number of nitrogens with zero attached hydrogens (tertiary/aromatic N) is 2. The van der Waals surface area contributed by atoms with Crippen LogP contribution in [0.1, 0.15) is 6.42 Å². The Morgan fingerprint density at radius 1 is 1.00 bits per heavy atom. The lowest BCUT2D eigenvalue weighted by Gasteiger charge is -2.22. The molecule has 0 saturated heterocycles. The number of rotatable bonds is 6. The Hall–Kier alpha value is -1.39. The van der Waals surface area contributed by atoms with E-state index in [0.29, 0.717) is 0 Å². The molecule has 0 saturated carbocycles. The first-order valence-electron chi connectivity index (χ1n) is 8.52. The first-order chi connectivity index (χ1) is 12.0. The van der Waals surface area contributed by atoms with Crippen molar-refractivity contribution in [2.24, 2.45) is 0 Å². The van der Waals surface area contributed by atoms with Gasteiger partial charge in [0.2, 0.25) is 0 Å². The Morgan fingerprint density at radius 2 is 1.65 bits per heavy atom. The quantitative estimate of drug-likeness (QED) is 0.629. The van der Waals surface area contributed by atoms with Crippen LogP contribution in [-0.4, -0.2) is 38.9 Å². The molecular formula is C20H24Cl3N3. The summed E-state index contributed by atoms with van der Waals surface area (Å²) in [5.41, 5.74) is 3.47. The van der Waals surface area contributed by atoms with Crippen LogP contribution < -0.4 is 22.3 Å². The van der Waals surface area contributed by atoms with Crippen molar-refractivity contribution >= 4 is 34.1 Å². The number of benzene rings is 2. The zero-order valence-electron chi connectivity index (χ0n) is 15.3. The van der Waals surface area contributed by atoms with Gasteiger partial charge in [-0.3, -0.25) is 4.68 Å². The lowest BCUT2D eigenvalue weighted by atomic mass is 10.1. The maximum absolute atomic E-state index is 6.26. The molecule has 0 aliphatic heterocycles. The molecule has 0 unspecified atom stereocenters. The van der Waals surface area contributed by atoms with Crippen molar-refractivity contribution in [2.45, 2.75) is 6.42 Å². The number of hydrogen-bond donors (Lipinski definition) is 1. The van der Waals surface area contributed by atoms with E-state index in [1.54, 1.807) is 0 Å². The molecule has 1 aromatic heterocycles. The van der Waals surface area contributed by atoms with Gasteiger partial charge in [-0.2, -0.15) is 0 Å². The van der Waals surface area contributed by atoms with Crippen LogP contribution in [0.4, 0.5) is 0 Å². The SMILES string of the molecule is CN(CCC[NH+](C)C)n1cc(-c2ccc(Cl)cc2)c2cc(Cl)ccc21.[Cl-]. The number of quaternary nitrogens is 1. The summed E-state index contributed by atoms with van der Waals surface area (Å²) in [6, 6.07) is 14.0. The molecule has 0 aliphatic carbocycles. The van der Waals surface area contributed by atoms with Gasteiger partial charge in [-0.05, 0) is 35.9 Å². The topological polar surface area (TPSA) is 12.6 Å². The van der Waals surface area contributed by atoms with Crippen LogP contribution in [0, 0.1) is 0 Å². The van der Waals surface area contributed by atoms with Crippen molar-refractivity contribution in [1.29, 1.82) is 0 Å². The Morgan fingerprint density at radius 3 is 2.31 bits per heavy atom. The van der Waals surface area contributed by atoms with E-state index in [2.05, 4.69) is 55.2 Å². The number of hydrogen-bond acceptors (Lipinski definition) is 1. The van der Waals surface area contributed by atoms with Gasteiger partial charge in [0.05, 0.1) is 26.2 Å². The first kappa shape index (κ1) is 20.9. The molecule has 6 heteroatoms. The van der Waals surface area contributed by atoms with Gasteiger partial charge in [0.25, 0.3) is 0 Å². The van der Waals surface area contributed by atoms with Crippen LogP contribution in [0.25, 0.3) is 22.0 Å². The van der Waals surface area contributed by atoms with Gasteiger partial charge >= 0.3 is 0 Å². The number of fused-ring (bicyclic) bond motifs is 1. The maximum Gasteiger partial charge on any atom is 0.0784 e. The third-order valence-corrected chi connectivity index (χ3v) is 4.92. The predicted octanol–water partition coefficient (Wildman–Crippen LogP) is 0.722. The highest BCUT2D eigenvalue weighted by Crippen LogP contribution is 2.33. The van der Waals surface area contributed by atoms with Crippen molar-refractivity contribution in [1.82, 2.24) is 4.68 Å². The number of nitrogens with one attached hydrogen (secondary N) is 1. The molecule has 3 nitrogen and oxygen atoms in total. The summed E-state index contributed by atoms with van der Waals surface area (Å²) in [4.78, 5) is 1.47. The Kier molecular flexibility index (Phi) is 7.24. The third kappa shape index (κ3) is 4.66. The van der Waals surface area contributed by atoms with Crippen LogP contribution in [-0.2, 0) is 0 Å². The van der Waals surface area contributed by atoms with E-state index in [1.165, 1.54) is 10.5 Å². The van der Waals surface area contributed by atoms with Crippen LogP contribution in [0.5, 0.6) is 0 Å². The average Bonchev–Trinajstić information content (AvgIpc) is 2.94. The predicted molar refractivity (Wildman–Crippen MR) is 109 cm³/mol. The monoisotopic (exact) mass is 411 g/mol. The molecule has 0 atom stereocenters. The molecule has 3 rings (SSSR count). The zero-order chi connectivity index (χ0) is 18.0. The maximum atomic E-state index is 6.26. The first-order valence-corrected chi connectivity index (χ1v) is 9.28. The Labute approximate surface area is 171 Å². The highest BCUT2D eigenvalue weighted by molar-refractivity contribution is 6.31. The Balaban J connectivity index is 0.00000243. The second kappa shape index (κ2) is 9.01. The summed E-state index contributed by atoms with van der Waals surface area (Å²) in [5.74, 6) is 0. The molecule has 0 amide bonds.